The zero-order valence-electron chi connectivity index (χ0n) is 19.3. The monoisotopic (exact) mass is 424 g/mol. The number of benzene rings is 2. The molecule has 164 valence electrons. The standard InChI is InChI=1S/C28H32N4/c1-4-6-8-9-13-17-26-30-27(31-28(32(26)3)24-15-11-10-12-16-24)25-19-22(14-7-5-2)18-23(20-25)21-29/h7,9-16,18-20,28H,4-6,8,17H2,1-3H3/b13-9-,14-7+. The first kappa shape index (κ1) is 23.2. The van der Waals surface area contributed by atoms with Crippen LogP contribution in [0.1, 0.15) is 74.4 Å². The molecule has 1 atom stereocenters. The zero-order chi connectivity index (χ0) is 22.8. The Labute approximate surface area is 192 Å². The predicted octanol–water partition coefficient (Wildman–Crippen LogP) is 6.91. The van der Waals surface area contributed by atoms with Gasteiger partial charge in [-0.25, -0.2) is 9.98 Å². The molecule has 0 aliphatic carbocycles. The number of rotatable bonds is 9. The van der Waals surface area contributed by atoms with Gasteiger partial charge in [0.05, 0.1) is 11.6 Å². The Hall–Kier alpha value is -3.45. The van der Waals surface area contributed by atoms with Crippen molar-refractivity contribution in [3.8, 4) is 6.07 Å². The molecule has 1 unspecified atom stereocenters. The van der Waals surface area contributed by atoms with Crippen LogP contribution in [0.4, 0.5) is 0 Å². The molecule has 0 N–H and O–H groups in total. The molecule has 2 aromatic carbocycles. The van der Waals surface area contributed by atoms with E-state index in [4.69, 9.17) is 9.98 Å². The van der Waals surface area contributed by atoms with Gasteiger partial charge in [-0.2, -0.15) is 5.26 Å². The van der Waals surface area contributed by atoms with Crippen LogP contribution in [0.3, 0.4) is 0 Å². The van der Waals surface area contributed by atoms with Crippen molar-refractivity contribution >= 4 is 17.7 Å². The number of hydrogen-bond donors (Lipinski definition) is 0. The van der Waals surface area contributed by atoms with Crippen molar-refractivity contribution in [2.45, 2.75) is 52.1 Å². The van der Waals surface area contributed by atoms with Crippen molar-refractivity contribution in [3.05, 3.63) is 89.0 Å². The summed E-state index contributed by atoms with van der Waals surface area (Å²) in [5, 5.41) is 9.55. The molecule has 4 heteroatoms. The van der Waals surface area contributed by atoms with Gasteiger partial charge >= 0.3 is 0 Å². The van der Waals surface area contributed by atoms with E-state index in [9.17, 15) is 5.26 Å². The minimum atomic E-state index is -0.150. The van der Waals surface area contributed by atoms with E-state index >= 15 is 0 Å². The summed E-state index contributed by atoms with van der Waals surface area (Å²) in [4.78, 5) is 12.1. The summed E-state index contributed by atoms with van der Waals surface area (Å²) in [5.41, 5.74) is 3.61. The molecule has 3 rings (SSSR count). The third-order valence-corrected chi connectivity index (χ3v) is 5.43. The largest absolute Gasteiger partial charge is 0.337 e. The molecule has 4 nitrogen and oxygen atoms in total. The smallest absolute Gasteiger partial charge is 0.159 e. The molecule has 1 heterocycles. The van der Waals surface area contributed by atoms with Crippen molar-refractivity contribution in [1.29, 1.82) is 5.26 Å². The molecule has 0 radical (unpaired) electrons. The second-order valence-electron chi connectivity index (χ2n) is 7.96. The summed E-state index contributed by atoms with van der Waals surface area (Å²) in [6.45, 7) is 4.31. The molecule has 0 spiro atoms. The molecule has 1 aliphatic rings. The van der Waals surface area contributed by atoms with E-state index in [0.717, 1.165) is 41.8 Å². The van der Waals surface area contributed by atoms with Crippen LogP contribution in [-0.2, 0) is 0 Å². The number of amidine groups is 2. The summed E-state index contributed by atoms with van der Waals surface area (Å²) >= 11 is 0. The lowest BCUT2D eigenvalue weighted by Gasteiger charge is -2.32. The van der Waals surface area contributed by atoms with Gasteiger partial charge < -0.3 is 4.90 Å². The van der Waals surface area contributed by atoms with Crippen LogP contribution in [0.15, 0.2) is 76.7 Å². The van der Waals surface area contributed by atoms with Crippen molar-refractivity contribution in [1.82, 2.24) is 4.90 Å². The maximum absolute atomic E-state index is 9.55. The first-order valence-corrected chi connectivity index (χ1v) is 11.5. The fraction of sp³-hybridized carbons (Fsp3) is 0.321. The molecule has 1 aliphatic heterocycles. The maximum atomic E-state index is 9.55. The number of nitriles is 1. The van der Waals surface area contributed by atoms with E-state index < -0.39 is 0 Å². The summed E-state index contributed by atoms with van der Waals surface area (Å²) in [6.07, 6.45) is 13.6. The molecule has 0 bridgehead atoms. The summed E-state index contributed by atoms with van der Waals surface area (Å²) in [6, 6.07) is 18.4. The van der Waals surface area contributed by atoms with E-state index in [-0.39, 0.29) is 6.17 Å². The lowest BCUT2D eigenvalue weighted by Crippen LogP contribution is -2.34. The van der Waals surface area contributed by atoms with Gasteiger partial charge in [0.2, 0.25) is 0 Å². The average Bonchev–Trinajstić information content (AvgIpc) is 2.83. The Morgan fingerprint density at radius 2 is 1.88 bits per heavy atom. The predicted molar refractivity (Wildman–Crippen MR) is 135 cm³/mol. The summed E-state index contributed by atoms with van der Waals surface area (Å²) < 4.78 is 0. The second-order valence-corrected chi connectivity index (χ2v) is 7.96. The van der Waals surface area contributed by atoms with Crippen LogP contribution >= 0.6 is 0 Å². The highest BCUT2D eigenvalue weighted by Gasteiger charge is 2.25. The minimum absolute atomic E-state index is 0.150. The molecule has 0 amide bonds. The molecule has 0 saturated heterocycles. The first-order valence-electron chi connectivity index (χ1n) is 11.5. The third-order valence-electron chi connectivity index (χ3n) is 5.43. The van der Waals surface area contributed by atoms with Crippen molar-refractivity contribution in [3.63, 3.8) is 0 Å². The van der Waals surface area contributed by atoms with Gasteiger partial charge in [-0.3, -0.25) is 0 Å². The fourth-order valence-electron chi connectivity index (χ4n) is 3.65. The topological polar surface area (TPSA) is 51.8 Å². The van der Waals surface area contributed by atoms with Crippen LogP contribution in [0.5, 0.6) is 0 Å². The van der Waals surface area contributed by atoms with E-state index in [0.29, 0.717) is 11.4 Å². The highest BCUT2D eigenvalue weighted by molar-refractivity contribution is 6.08. The molecule has 2 aromatic rings. The van der Waals surface area contributed by atoms with Gasteiger partial charge in [0.1, 0.15) is 12.0 Å². The van der Waals surface area contributed by atoms with E-state index in [2.05, 4.69) is 74.4 Å². The minimum Gasteiger partial charge on any atom is -0.337 e. The first-order chi connectivity index (χ1) is 15.7. The Morgan fingerprint density at radius 1 is 1.06 bits per heavy atom. The lowest BCUT2D eigenvalue weighted by atomic mass is 10.0. The highest BCUT2D eigenvalue weighted by atomic mass is 15.3. The number of unbranched alkanes of at least 4 members (excludes halogenated alkanes) is 2. The lowest BCUT2D eigenvalue weighted by molar-refractivity contribution is 0.377. The van der Waals surface area contributed by atoms with Gasteiger partial charge in [0.15, 0.2) is 5.84 Å². The van der Waals surface area contributed by atoms with Gasteiger partial charge in [-0.1, -0.05) is 81.3 Å². The second kappa shape index (κ2) is 11.8. The molecular formula is C28H32N4. The fourth-order valence-corrected chi connectivity index (χ4v) is 3.65. The Kier molecular flexibility index (Phi) is 8.57. The van der Waals surface area contributed by atoms with Crippen LogP contribution < -0.4 is 0 Å². The van der Waals surface area contributed by atoms with Gasteiger partial charge in [-0.15, -0.1) is 0 Å². The van der Waals surface area contributed by atoms with Crippen LogP contribution in [0.25, 0.3) is 6.08 Å². The Balaban J connectivity index is 2.02. The van der Waals surface area contributed by atoms with Crippen molar-refractivity contribution in [2.75, 3.05) is 7.05 Å². The van der Waals surface area contributed by atoms with Gasteiger partial charge in [-0.05, 0) is 42.2 Å². The normalized spacial score (nSPS) is 16.3. The molecule has 0 fully saturated rings. The molecule has 0 aromatic heterocycles. The highest BCUT2D eigenvalue weighted by Crippen LogP contribution is 2.28. The van der Waals surface area contributed by atoms with E-state index in [1.807, 2.05) is 30.3 Å². The molecule has 32 heavy (non-hydrogen) atoms. The van der Waals surface area contributed by atoms with Crippen molar-refractivity contribution < 1.29 is 0 Å². The van der Waals surface area contributed by atoms with Crippen LogP contribution in [0.2, 0.25) is 0 Å². The SMILES string of the molecule is CC/C=C/c1cc(C#N)cc(C2=NC(c3ccccc3)N(C)C(C/C=C\CCCC)=N2)c1. The Morgan fingerprint density at radius 3 is 2.59 bits per heavy atom. The summed E-state index contributed by atoms with van der Waals surface area (Å²) in [7, 11) is 2.05. The maximum Gasteiger partial charge on any atom is 0.159 e. The number of nitrogens with zero attached hydrogens (tertiary/aromatic N) is 4. The zero-order valence-corrected chi connectivity index (χ0v) is 19.3. The summed E-state index contributed by atoms with van der Waals surface area (Å²) in [5.74, 6) is 1.65. The average molecular weight is 425 g/mol. The van der Waals surface area contributed by atoms with Gasteiger partial charge in [0, 0.05) is 19.0 Å². The number of hydrogen-bond acceptors (Lipinski definition) is 4. The quantitative estimate of drug-likeness (QED) is 0.324. The van der Waals surface area contributed by atoms with Crippen LogP contribution in [0, 0.1) is 11.3 Å². The van der Waals surface area contributed by atoms with E-state index in [1.165, 1.54) is 12.8 Å². The van der Waals surface area contributed by atoms with Crippen molar-refractivity contribution in [2.24, 2.45) is 9.98 Å². The number of allylic oxidation sites excluding steroid dienone is 2. The van der Waals surface area contributed by atoms with Crippen LogP contribution in [-0.4, -0.2) is 23.6 Å². The Bertz CT molecular complexity index is 1050. The molecular weight excluding hydrogens is 392 g/mol. The van der Waals surface area contributed by atoms with Gasteiger partial charge in [0.25, 0.3) is 0 Å². The van der Waals surface area contributed by atoms with E-state index in [1.54, 1.807) is 0 Å². The molecule has 0 saturated carbocycles. The third kappa shape index (κ3) is 6.04. The number of aliphatic imine (C=N–C) groups is 2.